The van der Waals surface area contributed by atoms with Gasteiger partial charge in [0.2, 0.25) is 0 Å². The van der Waals surface area contributed by atoms with Gasteiger partial charge in [-0.05, 0) is 38.6 Å². The predicted molar refractivity (Wildman–Crippen MR) is 73.6 cm³/mol. The minimum atomic E-state index is -0.154. The molecule has 0 amide bonds. The summed E-state index contributed by atoms with van der Waals surface area (Å²) in [5.74, 6) is 0. The van der Waals surface area contributed by atoms with Crippen LogP contribution in [0.4, 0.5) is 0 Å². The summed E-state index contributed by atoms with van der Waals surface area (Å²) in [7, 11) is 2.20. The molecule has 0 radical (unpaired) electrons. The summed E-state index contributed by atoms with van der Waals surface area (Å²) in [4.78, 5) is 2.43. The highest BCUT2D eigenvalue weighted by molar-refractivity contribution is 4.93. The molecule has 0 bridgehead atoms. The zero-order valence-electron chi connectivity index (χ0n) is 12.8. The van der Waals surface area contributed by atoms with E-state index in [1.165, 1.54) is 0 Å². The Morgan fingerprint density at radius 1 is 1.00 bits per heavy atom. The zero-order valence-corrected chi connectivity index (χ0v) is 12.8. The van der Waals surface area contributed by atoms with Gasteiger partial charge in [-0.15, -0.1) is 0 Å². The molecule has 1 unspecified atom stereocenters. The SMILES string of the molecule is CC(N(C)CC(C)(C)C(C)(C)N)C(C)(C)C. The van der Waals surface area contributed by atoms with Crippen LogP contribution in [-0.2, 0) is 0 Å². The van der Waals surface area contributed by atoms with Crippen LogP contribution in [-0.4, -0.2) is 30.1 Å². The minimum absolute atomic E-state index is 0.112. The molecular weight excluding hydrogens is 196 g/mol. The summed E-state index contributed by atoms with van der Waals surface area (Å²) in [6.07, 6.45) is 0. The fourth-order valence-electron chi connectivity index (χ4n) is 1.63. The van der Waals surface area contributed by atoms with Crippen LogP contribution in [0.5, 0.6) is 0 Å². The Labute approximate surface area is 103 Å². The van der Waals surface area contributed by atoms with E-state index in [1.807, 2.05) is 0 Å². The highest BCUT2D eigenvalue weighted by atomic mass is 15.1. The Morgan fingerprint density at radius 3 is 1.62 bits per heavy atom. The van der Waals surface area contributed by atoms with Crippen LogP contribution in [0.3, 0.4) is 0 Å². The summed E-state index contributed by atoms with van der Waals surface area (Å²) in [6.45, 7) is 18.9. The van der Waals surface area contributed by atoms with Crippen LogP contribution in [0, 0.1) is 10.8 Å². The van der Waals surface area contributed by atoms with Gasteiger partial charge in [-0.1, -0.05) is 34.6 Å². The second kappa shape index (κ2) is 4.66. The molecule has 0 heterocycles. The maximum atomic E-state index is 6.24. The van der Waals surface area contributed by atoms with Crippen molar-refractivity contribution >= 4 is 0 Å². The summed E-state index contributed by atoms with van der Waals surface area (Å²) < 4.78 is 0. The molecule has 2 heteroatoms. The minimum Gasteiger partial charge on any atom is -0.325 e. The molecule has 0 spiro atoms. The number of rotatable bonds is 4. The quantitative estimate of drug-likeness (QED) is 0.801. The summed E-state index contributed by atoms with van der Waals surface area (Å²) in [6, 6.07) is 0.550. The normalized spacial score (nSPS) is 16.7. The van der Waals surface area contributed by atoms with Crippen LogP contribution in [0.25, 0.3) is 0 Å². The third kappa shape index (κ3) is 4.06. The molecule has 98 valence electrons. The molecule has 0 aromatic rings. The molecule has 0 aromatic carbocycles. The molecule has 0 aromatic heterocycles. The van der Waals surface area contributed by atoms with Crippen molar-refractivity contribution in [3.8, 4) is 0 Å². The van der Waals surface area contributed by atoms with E-state index in [-0.39, 0.29) is 11.0 Å². The van der Waals surface area contributed by atoms with Gasteiger partial charge in [-0.2, -0.15) is 0 Å². The highest BCUT2D eigenvalue weighted by Crippen LogP contribution is 2.32. The Kier molecular flexibility index (Phi) is 4.63. The van der Waals surface area contributed by atoms with Gasteiger partial charge in [0.25, 0.3) is 0 Å². The van der Waals surface area contributed by atoms with Gasteiger partial charge in [0.15, 0.2) is 0 Å². The smallest absolute Gasteiger partial charge is 0.0161 e. The molecule has 0 aliphatic carbocycles. The number of hydrogen-bond acceptors (Lipinski definition) is 2. The Morgan fingerprint density at radius 2 is 1.38 bits per heavy atom. The molecule has 2 N–H and O–H groups in total. The van der Waals surface area contributed by atoms with Crippen molar-refractivity contribution in [1.82, 2.24) is 4.90 Å². The van der Waals surface area contributed by atoms with Crippen LogP contribution >= 0.6 is 0 Å². The average Bonchev–Trinajstić information content (AvgIpc) is 1.97. The lowest BCUT2D eigenvalue weighted by Gasteiger charge is -2.45. The maximum Gasteiger partial charge on any atom is 0.0161 e. The molecule has 0 aliphatic rings. The Balaban J connectivity index is 4.64. The Bertz CT molecular complexity index is 218. The van der Waals surface area contributed by atoms with Gasteiger partial charge in [0.1, 0.15) is 0 Å². The van der Waals surface area contributed by atoms with E-state index in [0.717, 1.165) is 6.54 Å². The second-order valence-corrected chi connectivity index (χ2v) is 7.56. The average molecular weight is 228 g/mol. The van der Waals surface area contributed by atoms with Crippen molar-refractivity contribution in [3.05, 3.63) is 0 Å². The largest absolute Gasteiger partial charge is 0.325 e. The topological polar surface area (TPSA) is 29.3 Å². The van der Waals surface area contributed by atoms with Crippen LogP contribution in [0.15, 0.2) is 0 Å². The monoisotopic (exact) mass is 228 g/mol. The summed E-state index contributed by atoms with van der Waals surface area (Å²) in [5.41, 5.74) is 6.51. The van der Waals surface area contributed by atoms with Crippen molar-refractivity contribution in [2.45, 2.75) is 67.0 Å². The molecule has 16 heavy (non-hydrogen) atoms. The first kappa shape index (κ1) is 15.9. The van der Waals surface area contributed by atoms with Crippen molar-refractivity contribution in [1.29, 1.82) is 0 Å². The first-order chi connectivity index (χ1) is 6.79. The number of nitrogens with two attached hydrogens (primary N) is 1. The van der Waals surface area contributed by atoms with Crippen molar-refractivity contribution in [2.75, 3.05) is 13.6 Å². The number of hydrogen-bond donors (Lipinski definition) is 1. The molecule has 0 saturated carbocycles. The van der Waals surface area contributed by atoms with Gasteiger partial charge >= 0.3 is 0 Å². The summed E-state index contributed by atoms with van der Waals surface area (Å²) in [5, 5.41) is 0. The van der Waals surface area contributed by atoms with Gasteiger partial charge < -0.3 is 10.6 Å². The van der Waals surface area contributed by atoms with Gasteiger partial charge in [0, 0.05) is 18.1 Å². The van der Waals surface area contributed by atoms with Crippen LogP contribution < -0.4 is 5.73 Å². The standard InChI is InChI=1S/C14H32N2/c1-11(12(2,3)4)16(9)10-13(5,6)14(7,8)15/h11H,10,15H2,1-9H3. The van der Waals surface area contributed by atoms with E-state index in [0.29, 0.717) is 11.5 Å². The van der Waals surface area contributed by atoms with E-state index < -0.39 is 0 Å². The highest BCUT2D eigenvalue weighted by Gasteiger charge is 2.36. The van der Waals surface area contributed by atoms with Crippen molar-refractivity contribution < 1.29 is 0 Å². The van der Waals surface area contributed by atoms with Gasteiger partial charge in [-0.3, -0.25) is 0 Å². The fraction of sp³-hybridized carbons (Fsp3) is 1.00. The van der Waals surface area contributed by atoms with E-state index >= 15 is 0 Å². The first-order valence-electron chi connectivity index (χ1n) is 6.28. The molecule has 2 nitrogen and oxygen atoms in total. The van der Waals surface area contributed by atoms with Crippen LogP contribution in [0.2, 0.25) is 0 Å². The van der Waals surface area contributed by atoms with E-state index in [2.05, 4.69) is 67.3 Å². The molecule has 0 rings (SSSR count). The lowest BCUT2D eigenvalue weighted by atomic mass is 9.74. The molecule has 0 fully saturated rings. The molecule has 0 saturated heterocycles. The number of nitrogens with zero attached hydrogens (tertiary/aromatic N) is 1. The third-order valence-corrected chi connectivity index (χ3v) is 4.30. The van der Waals surface area contributed by atoms with Gasteiger partial charge in [-0.25, -0.2) is 0 Å². The first-order valence-corrected chi connectivity index (χ1v) is 6.28. The van der Waals surface area contributed by atoms with Crippen molar-refractivity contribution in [3.63, 3.8) is 0 Å². The predicted octanol–water partition coefficient (Wildman–Crippen LogP) is 3.12. The second-order valence-electron chi connectivity index (χ2n) is 7.56. The third-order valence-electron chi connectivity index (χ3n) is 4.30. The lowest BCUT2D eigenvalue weighted by molar-refractivity contribution is 0.0665. The van der Waals surface area contributed by atoms with Crippen molar-refractivity contribution in [2.24, 2.45) is 16.6 Å². The molecule has 0 aliphatic heterocycles. The van der Waals surface area contributed by atoms with Crippen LogP contribution in [0.1, 0.15) is 55.4 Å². The summed E-state index contributed by atoms with van der Waals surface area (Å²) >= 11 is 0. The maximum absolute atomic E-state index is 6.24. The van der Waals surface area contributed by atoms with Gasteiger partial charge in [0.05, 0.1) is 0 Å². The fourth-order valence-corrected chi connectivity index (χ4v) is 1.63. The zero-order chi connectivity index (χ0) is 13.4. The lowest BCUT2D eigenvalue weighted by Crippen LogP contribution is -2.54. The molecular formula is C14H32N2. The van der Waals surface area contributed by atoms with E-state index in [4.69, 9.17) is 5.73 Å². The van der Waals surface area contributed by atoms with E-state index in [1.54, 1.807) is 0 Å². The van der Waals surface area contributed by atoms with E-state index in [9.17, 15) is 0 Å². The Hall–Kier alpha value is -0.0800. The molecule has 1 atom stereocenters.